The maximum atomic E-state index is 12.0. The molecule has 2 aromatic heterocycles. The third-order valence-electron chi connectivity index (χ3n) is 3.51. The van der Waals surface area contributed by atoms with Crippen molar-refractivity contribution in [2.75, 3.05) is 0 Å². The number of hydrogen-bond donors (Lipinski definition) is 0. The van der Waals surface area contributed by atoms with Gasteiger partial charge in [0.25, 0.3) is 0 Å². The van der Waals surface area contributed by atoms with E-state index in [0.717, 1.165) is 27.5 Å². The Hall–Kier alpha value is -2.59. The summed E-state index contributed by atoms with van der Waals surface area (Å²) in [5.74, 6) is 0.282. The van der Waals surface area contributed by atoms with Crippen LogP contribution in [-0.2, 0) is 11.2 Å². The van der Waals surface area contributed by atoms with Crippen molar-refractivity contribution < 1.29 is 13.9 Å². The van der Waals surface area contributed by atoms with E-state index >= 15 is 0 Å². The SMILES string of the molecule is O=C(Cc1ccsc1)Oc1ccc2oc3ccccc3c2c1. The van der Waals surface area contributed by atoms with Crippen LogP contribution >= 0.6 is 11.3 Å². The fourth-order valence-corrected chi connectivity index (χ4v) is 3.16. The number of ether oxygens (including phenoxy) is 1. The molecule has 0 saturated carbocycles. The van der Waals surface area contributed by atoms with Crippen molar-refractivity contribution in [3.05, 3.63) is 64.9 Å². The van der Waals surface area contributed by atoms with Crippen molar-refractivity contribution in [3.8, 4) is 5.75 Å². The summed E-state index contributed by atoms with van der Waals surface area (Å²) in [4.78, 5) is 12.0. The van der Waals surface area contributed by atoms with E-state index in [1.807, 2.05) is 53.2 Å². The Balaban J connectivity index is 1.64. The van der Waals surface area contributed by atoms with E-state index in [-0.39, 0.29) is 12.4 Å². The number of furan rings is 1. The lowest BCUT2D eigenvalue weighted by atomic mass is 10.1. The fraction of sp³-hybridized carbons (Fsp3) is 0.0556. The summed E-state index contributed by atoms with van der Waals surface area (Å²) in [5.41, 5.74) is 2.60. The largest absolute Gasteiger partial charge is 0.456 e. The zero-order valence-electron chi connectivity index (χ0n) is 11.6. The molecule has 0 bridgehead atoms. The lowest BCUT2D eigenvalue weighted by Gasteiger charge is -2.03. The van der Waals surface area contributed by atoms with Gasteiger partial charge in [0, 0.05) is 10.8 Å². The summed E-state index contributed by atoms with van der Waals surface area (Å²) < 4.78 is 11.2. The molecule has 0 aliphatic rings. The third kappa shape index (κ3) is 2.38. The Morgan fingerprint density at radius 1 is 1.05 bits per heavy atom. The van der Waals surface area contributed by atoms with Crippen LogP contribution in [0.3, 0.4) is 0 Å². The molecular formula is C18H12O3S. The Morgan fingerprint density at radius 3 is 2.77 bits per heavy atom. The summed E-state index contributed by atoms with van der Waals surface area (Å²) in [5, 5.41) is 5.88. The number of carbonyl (C=O) groups excluding carboxylic acids is 1. The van der Waals surface area contributed by atoms with Crippen molar-refractivity contribution >= 4 is 39.2 Å². The van der Waals surface area contributed by atoms with Gasteiger partial charge in [-0.15, -0.1) is 0 Å². The standard InChI is InChI=1S/C18H12O3S/c19-18(9-12-7-8-22-11-12)20-13-5-6-17-15(10-13)14-3-1-2-4-16(14)21-17/h1-8,10-11H,9H2. The molecule has 0 fully saturated rings. The Labute approximate surface area is 130 Å². The maximum absolute atomic E-state index is 12.0. The van der Waals surface area contributed by atoms with Crippen LogP contribution in [-0.4, -0.2) is 5.97 Å². The third-order valence-corrected chi connectivity index (χ3v) is 4.24. The van der Waals surface area contributed by atoms with E-state index in [1.54, 1.807) is 17.4 Å². The molecule has 2 aromatic carbocycles. The number of rotatable bonds is 3. The van der Waals surface area contributed by atoms with Gasteiger partial charge in [0.1, 0.15) is 16.9 Å². The molecule has 2 heterocycles. The second-order valence-electron chi connectivity index (χ2n) is 5.04. The molecule has 108 valence electrons. The minimum absolute atomic E-state index is 0.259. The van der Waals surface area contributed by atoms with E-state index in [4.69, 9.17) is 9.15 Å². The van der Waals surface area contributed by atoms with Crippen LogP contribution in [0.15, 0.2) is 63.7 Å². The van der Waals surface area contributed by atoms with Gasteiger partial charge in [0.15, 0.2) is 0 Å². The minimum atomic E-state index is -0.259. The van der Waals surface area contributed by atoms with Gasteiger partial charge >= 0.3 is 5.97 Å². The van der Waals surface area contributed by atoms with Gasteiger partial charge in [-0.3, -0.25) is 4.79 Å². The molecule has 0 spiro atoms. The highest BCUT2D eigenvalue weighted by molar-refractivity contribution is 7.08. The quantitative estimate of drug-likeness (QED) is 0.403. The smallest absolute Gasteiger partial charge is 0.315 e. The zero-order chi connectivity index (χ0) is 14.9. The molecule has 0 radical (unpaired) electrons. The molecule has 0 saturated heterocycles. The molecule has 0 atom stereocenters. The molecular weight excluding hydrogens is 296 g/mol. The lowest BCUT2D eigenvalue weighted by molar-refractivity contribution is -0.133. The molecule has 0 N–H and O–H groups in total. The maximum Gasteiger partial charge on any atom is 0.315 e. The second-order valence-corrected chi connectivity index (χ2v) is 5.82. The first-order valence-corrected chi connectivity index (χ1v) is 7.87. The predicted octanol–water partition coefficient (Wildman–Crippen LogP) is 4.80. The molecule has 3 nitrogen and oxygen atoms in total. The zero-order valence-corrected chi connectivity index (χ0v) is 12.4. The van der Waals surface area contributed by atoms with Crippen LogP contribution in [0.2, 0.25) is 0 Å². The van der Waals surface area contributed by atoms with Gasteiger partial charge in [0.2, 0.25) is 0 Å². The molecule has 0 amide bonds. The van der Waals surface area contributed by atoms with Crippen LogP contribution in [0.1, 0.15) is 5.56 Å². The van der Waals surface area contributed by atoms with Gasteiger partial charge in [-0.05, 0) is 46.7 Å². The molecule has 0 aliphatic carbocycles. The lowest BCUT2D eigenvalue weighted by Crippen LogP contribution is -2.10. The fourth-order valence-electron chi connectivity index (χ4n) is 2.50. The summed E-state index contributed by atoms with van der Waals surface area (Å²) in [6.07, 6.45) is 0.285. The molecule has 0 unspecified atom stereocenters. The van der Waals surface area contributed by atoms with Crippen LogP contribution in [0.5, 0.6) is 5.75 Å². The van der Waals surface area contributed by atoms with Crippen LogP contribution in [0, 0.1) is 0 Å². The molecule has 4 heteroatoms. The van der Waals surface area contributed by atoms with Crippen LogP contribution < -0.4 is 4.74 Å². The highest BCUT2D eigenvalue weighted by Gasteiger charge is 2.10. The summed E-state index contributed by atoms with van der Waals surface area (Å²) in [6, 6.07) is 15.2. The van der Waals surface area contributed by atoms with Gasteiger partial charge in [-0.2, -0.15) is 11.3 Å². The Kier molecular flexibility index (Phi) is 3.16. The number of thiophene rings is 1. The van der Waals surface area contributed by atoms with E-state index in [1.165, 1.54) is 0 Å². The number of para-hydroxylation sites is 1. The van der Waals surface area contributed by atoms with Crippen molar-refractivity contribution in [2.45, 2.75) is 6.42 Å². The van der Waals surface area contributed by atoms with Gasteiger partial charge in [-0.25, -0.2) is 0 Å². The molecule has 4 rings (SSSR count). The molecule has 0 aliphatic heterocycles. The second kappa shape index (κ2) is 5.31. The summed E-state index contributed by atoms with van der Waals surface area (Å²) >= 11 is 1.57. The van der Waals surface area contributed by atoms with Crippen molar-refractivity contribution in [1.29, 1.82) is 0 Å². The number of esters is 1. The Bertz CT molecular complexity index is 951. The van der Waals surface area contributed by atoms with Crippen molar-refractivity contribution in [3.63, 3.8) is 0 Å². The van der Waals surface area contributed by atoms with Crippen molar-refractivity contribution in [1.82, 2.24) is 0 Å². The van der Waals surface area contributed by atoms with E-state index in [0.29, 0.717) is 5.75 Å². The number of carbonyl (C=O) groups is 1. The van der Waals surface area contributed by atoms with Crippen LogP contribution in [0.25, 0.3) is 21.9 Å². The van der Waals surface area contributed by atoms with E-state index in [9.17, 15) is 4.79 Å². The average molecular weight is 308 g/mol. The average Bonchev–Trinajstić information content (AvgIpc) is 3.14. The monoisotopic (exact) mass is 308 g/mol. The van der Waals surface area contributed by atoms with Gasteiger partial charge < -0.3 is 9.15 Å². The number of fused-ring (bicyclic) bond motifs is 3. The van der Waals surface area contributed by atoms with Crippen molar-refractivity contribution in [2.24, 2.45) is 0 Å². The van der Waals surface area contributed by atoms with Gasteiger partial charge in [0.05, 0.1) is 6.42 Å². The molecule has 4 aromatic rings. The van der Waals surface area contributed by atoms with Crippen LogP contribution in [0.4, 0.5) is 0 Å². The first-order valence-electron chi connectivity index (χ1n) is 6.93. The highest BCUT2D eigenvalue weighted by Crippen LogP contribution is 2.31. The minimum Gasteiger partial charge on any atom is -0.456 e. The highest BCUT2D eigenvalue weighted by atomic mass is 32.1. The van der Waals surface area contributed by atoms with E-state index < -0.39 is 0 Å². The normalized spacial score (nSPS) is 11.1. The van der Waals surface area contributed by atoms with Gasteiger partial charge in [-0.1, -0.05) is 18.2 Å². The summed E-state index contributed by atoms with van der Waals surface area (Å²) in [7, 11) is 0. The Morgan fingerprint density at radius 2 is 1.91 bits per heavy atom. The topological polar surface area (TPSA) is 39.4 Å². The summed E-state index contributed by atoms with van der Waals surface area (Å²) in [6.45, 7) is 0. The first kappa shape index (κ1) is 13.1. The molecule has 22 heavy (non-hydrogen) atoms. The van der Waals surface area contributed by atoms with E-state index in [2.05, 4.69) is 0 Å². The first-order chi connectivity index (χ1) is 10.8. The predicted molar refractivity (Wildman–Crippen MR) is 87.4 cm³/mol. The number of hydrogen-bond acceptors (Lipinski definition) is 4. The number of benzene rings is 2.